The summed E-state index contributed by atoms with van der Waals surface area (Å²) in [4.78, 5) is 27.5. The number of nitriles is 1. The summed E-state index contributed by atoms with van der Waals surface area (Å²) < 4.78 is 0. The second-order valence-corrected chi connectivity index (χ2v) is 5.00. The number of pyridine rings is 1. The summed E-state index contributed by atoms with van der Waals surface area (Å²) in [6.45, 7) is 1.90. The molecule has 0 atom stereocenters. The zero-order valence-electron chi connectivity index (χ0n) is 13.1. The highest BCUT2D eigenvalue weighted by molar-refractivity contribution is 6.07. The van der Waals surface area contributed by atoms with Gasteiger partial charge in [-0.25, -0.2) is 0 Å². The van der Waals surface area contributed by atoms with Crippen LogP contribution in [0.2, 0.25) is 0 Å². The van der Waals surface area contributed by atoms with Gasteiger partial charge in [-0.3, -0.25) is 14.6 Å². The molecule has 0 bridgehead atoms. The monoisotopic (exact) mass is 320 g/mol. The molecular weight excluding hydrogens is 304 g/mol. The molecule has 1 aromatic carbocycles. The predicted molar refractivity (Wildman–Crippen MR) is 89.8 cm³/mol. The summed E-state index contributed by atoms with van der Waals surface area (Å²) in [5, 5.41) is 14.6. The van der Waals surface area contributed by atoms with E-state index in [1.165, 1.54) is 13.1 Å². The summed E-state index contributed by atoms with van der Waals surface area (Å²) in [5.74, 6) is -0.642. The van der Waals surface area contributed by atoms with Crippen molar-refractivity contribution in [2.75, 3.05) is 5.32 Å². The maximum Gasteiger partial charge on any atom is 0.267 e. The molecule has 0 aliphatic carbocycles. The van der Waals surface area contributed by atoms with Crippen LogP contribution in [0.5, 0.6) is 0 Å². The maximum absolute atomic E-state index is 12.1. The largest absolute Gasteiger partial charge is 0.386 e. The molecule has 2 aromatic rings. The van der Waals surface area contributed by atoms with Crippen LogP contribution >= 0.6 is 0 Å². The standard InChI is InChI=1S/C18H16N4O2/c1-13(23)15-5-2-6-17(8-15)22-18(24)16(9-19)12-21-11-14-4-3-7-20-10-14/h2-8,10,12,21H,11H2,1H3,(H,22,24)/b16-12-. The Morgan fingerprint density at radius 1 is 1.29 bits per heavy atom. The highest BCUT2D eigenvalue weighted by atomic mass is 16.1. The van der Waals surface area contributed by atoms with E-state index in [0.29, 0.717) is 17.8 Å². The molecule has 1 aromatic heterocycles. The molecule has 0 spiro atoms. The van der Waals surface area contributed by atoms with Gasteiger partial charge in [-0.05, 0) is 30.7 Å². The third-order valence-electron chi connectivity index (χ3n) is 3.17. The van der Waals surface area contributed by atoms with Gasteiger partial charge in [-0.1, -0.05) is 18.2 Å². The fourth-order valence-corrected chi connectivity index (χ4v) is 1.94. The summed E-state index contributed by atoms with van der Waals surface area (Å²) in [6, 6.07) is 12.1. The van der Waals surface area contributed by atoms with Gasteiger partial charge >= 0.3 is 0 Å². The Balaban J connectivity index is 2.01. The van der Waals surface area contributed by atoms with Crippen molar-refractivity contribution in [3.63, 3.8) is 0 Å². The number of nitrogens with one attached hydrogen (secondary N) is 2. The molecule has 6 heteroatoms. The van der Waals surface area contributed by atoms with Crippen LogP contribution in [0.25, 0.3) is 0 Å². The van der Waals surface area contributed by atoms with Crippen molar-refractivity contribution < 1.29 is 9.59 Å². The number of anilines is 1. The highest BCUT2D eigenvalue weighted by Crippen LogP contribution is 2.12. The molecule has 0 saturated heterocycles. The molecule has 6 nitrogen and oxygen atoms in total. The molecule has 0 fully saturated rings. The highest BCUT2D eigenvalue weighted by Gasteiger charge is 2.10. The lowest BCUT2D eigenvalue weighted by Gasteiger charge is -2.06. The quantitative estimate of drug-likeness (QED) is 0.484. The van der Waals surface area contributed by atoms with Crippen molar-refractivity contribution in [1.29, 1.82) is 5.26 Å². The van der Waals surface area contributed by atoms with Crippen LogP contribution in [0.4, 0.5) is 5.69 Å². The smallest absolute Gasteiger partial charge is 0.267 e. The van der Waals surface area contributed by atoms with Crippen molar-refractivity contribution in [2.24, 2.45) is 0 Å². The van der Waals surface area contributed by atoms with Crippen molar-refractivity contribution >= 4 is 17.4 Å². The molecule has 0 aliphatic rings. The van der Waals surface area contributed by atoms with Crippen molar-refractivity contribution in [3.8, 4) is 6.07 Å². The number of hydrogen-bond acceptors (Lipinski definition) is 5. The molecular formula is C18H16N4O2. The lowest BCUT2D eigenvalue weighted by Crippen LogP contribution is -2.16. The lowest BCUT2D eigenvalue weighted by molar-refractivity contribution is -0.112. The summed E-state index contributed by atoms with van der Waals surface area (Å²) in [5.41, 5.74) is 1.82. The minimum atomic E-state index is -0.545. The molecule has 2 rings (SSSR count). The Kier molecular flexibility index (Phi) is 5.81. The first-order valence-corrected chi connectivity index (χ1v) is 7.25. The Labute approximate surface area is 139 Å². The molecule has 0 unspecified atom stereocenters. The molecule has 0 saturated carbocycles. The third-order valence-corrected chi connectivity index (χ3v) is 3.17. The SMILES string of the molecule is CC(=O)c1cccc(NC(=O)/C(C#N)=C\NCc2cccnc2)c1. The van der Waals surface area contributed by atoms with Crippen LogP contribution in [0.1, 0.15) is 22.8 Å². The van der Waals surface area contributed by atoms with E-state index in [9.17, 15) is 9.59 Å². The van der Waals surface area contributed by atoms with E-state index in [-0.39, 0.29) is 11.4 Å². The number of aromatic nitrogens is 1. The topological polar surface area (TPSA) is 94.9 Å². The number of Topliss-reactive ketones (excluding diaryl/α,β-unsaturated/α-hetero) is 1. The first-order chi connectivity index (χ1) is 11.6. The third kappa shape index (κ3) is 4.78. The summed E-state index contributed by atoms with van der Waals surface area (Å²) in [7, 11) is 0. The Bertz CT molecular complexity index is 807. The maximum atomic E-state index is 12.1. The van der Waals surface area contributed by atoms with Gasteiger partial charge in [0.05, 0.1) is 0 Å². The number of hydrogen-bond donors (Lipinski definition) is 2. The van der Waals surface area contributed by atoms with Gasteiger partial charge in [-0.15, -0.1) is 0 Å². The van der Waals surface area contributed by atoms with Gasteiger partial charge in [-0.2, -0.15) is 5.26 Å². The average molecular weight is 320 g/mol. The van der Waals surface area contributed by atoms with Crippen LogP contribution in [0, 0.1) is 11.3 Å². The van der Waals surface area contributed by atoms with Crippen molar-refractivity contribution in [2.45, 2.75) is 13.5 Å². The second kappa shape index (κ2) is 8.25. The Morgan fingerprint density at radius 2 is 2.12 bits per heavy atom. The van der Waals surface area contributed by atoms with Crippen molar-refractivity contribution in [3.05, 3.63) is 71.7 Å². The van der Waals surface area contributed by atoms with Crippen LogP contribution < -0.4 is 10.6 Å². The van der Waals surface area contributed by atoms with Gasteiger partial charge in [0.2, 0.25) is 0 Å². The van der Waals surface area contributed by atoms with Crippen LogP contribution in [0.15, 0.2) is 60.6 Å². The number of carbonyl (C=O) groups is 2. The number of rotatable bonds is 6. The molecule has 0 aliphatic heterocycles. The Hall–Kier alpha value is -3.46. The van der Waals surface area contributed by atoms with Gasteiger partial charge in [0.1, 0.15) is 11.6 Å². The van der Waals surface area contributed by atoms with E-state index in [0.717, 1.165) is 5.56 Å². The number of carbonyl (C=O) groups excluding carboxylic acids is 2. The molecule has 2 N–H and O–H groups in total. The van der Waals surface area contributed by atoms with Gasteiger partial charge in [0, 0.05) is 36.4 Å². The van der Waals surface area contributed by atoms with E-state index in [1.54, 1.807) is 42.7 Å². The van der Waals surface area contributed by atoms with Gasteiger partial charge in [0.15, 0.2) is 5.78 Å². The summed E-state index contributed by atoms with van der Waals surface area (Å²) >= 11 is 0. The molecule has 1 amide bonds. The van der Waals surface area contributed by atoms with E-state index in [4.69, 9.17) is 5.26 Å². The molecule has 0 radical (unpaired) electrons. The average Bonchev–Trinajstić information content (AvgIpc) is 2.59. The second-order valence-electron chi connectivity index (χ2n) is 5.00. The van der Waals surface area contributed by atoms with Crippen LogP contribution in [-0.4, -0.2) is 16.7 Å². The summed E-state index contributed by atoms with van der Waals surface area (Å²) in [6.07, 6.45) is 4.72. The van der Waals surface area contributed by atoms with Crippen LogP contribution in [0.3, 0.4) is 0 Å². The van der Waals surface area contributed by atoms with E-state index >= 15 is 0 Å². The number of benzene rings is 1. The normalized spacial score (nSPS) is 10.6. The number of amides is 1. The van der Waals surface area contributed by atoms with Gasteiger partial charge in [0.25, 0.3) is 5.91 Å². The van der Waals surface area contributed by atoms with E-state index in [1.807, 2.05) is 12.1 Å². The van der Waals surface area contributed by atoms with Crippen molar-refractivity contribution in [1.82, 2.24) is 10.3 Å². The molecule has 120 valence electrons. The Morgan fingerprint density at radius 3 is 2.79 bits per heavy atom. The van der Waals surface area contributed by atoms with E-state index in [2.05, 4.69) is 15.6 Å². The zero-order valence-corrected chi connectivity index (χ0v) is 13.1. The predicted octanol–water partition coefficient (Wildman–Crippen LogP) is 2.42. The minimum Gasteiger partial charge on any atom is -0.386 e. The minimum absolute atomic E-state index is 0.0629. The zero-order chi connectivity index (χ0) is 17.4. The fourth-order valence-electron chi connectivity index (χ4n) is 1.94. The lowest BCUT2D eigenvalue weighted by atomic mass is 10.1. The van der Waals surface area contributed by atoms with Crippen LogP contribution in [-0.2, 0) is 11.3 Å². The number of nitrogens with zero attached hydrogens (tertiary/aromatic N) is 2. The molecule has 1 heterocycles. The first kappa shape index (κ1) is 16.9. The van der Waals surface area contributed by atoms with Gasteiger partial charge < -0.3 is 10.6 Å². The number of ketones is 1. The molecule has 24 heavy (non-hydrogen) atoms. The fraction of sp³-hybridized carbons (Fsp3) is 0.111. The first-order valence-electron chi connectivity index (χ1n) is 7.25. The van der Waals surface area contributed by atoms with E-state index < -0.39 is 5.91 Å².